The number of hydrogen-bond donors (Lipinski definition) is 0. The number of nitrogens with zero attached hydrogens (tertiary/aromatic N) is 2. The lowest BCUT2D eigenvalue weighted by Crippen LogP contribution is -2.30. The van der Waals surface area contributed by atoms with Crippen molar-refractivity contribution < 1.29 is 4.92 Å². The van der Waals surface area contributed by atoms with Crippen LogP contribution in [-0.2, 0) is 0 Å². The van der Waals surface area contributed by atoms with Gasteiger partial charge in [0.1, 0.15) is 0 Å². The zero-order valence-electron chi connectivity index (χ0n) is 7.32. The molecule has 1 aliphatic heterocycles. The Morgan fingerprint density at radius 1 is 1.58 bits per heavy atom. The smallest absolute Gasteiger partial charge is 0.233 e. The van der Waals surface area contributed by atoms with Gasteiger partial charge >= 0.3 is 0 Å². The zero-order valence-corrected chi connectivity index (χ0v) is 7.32. The van der Waals surface area contributed by atoms with Crippen molar-refractivity contribution in [1.82, 2.24) is 4.90 Å². The third-order valence-corrected chi connectivity index (χ3v) is 2.23. The Hall–Kier alpha value is -0.900. The van der Waals surface area contributed by atoms with Gasteiger partial charge in [0.15, 0.2) is 0 Å². The maximum Gasteiger partial charge on any atom is 0.233 e. The lowest BCUT2D eigenvalue weighted by Gasteiger charge is -2.25. The molecule has 1 heterocycles. The quantitative estimate of drug-likeness (QED) is 0.463. The second-order valence-corrected chi connectivity index (χ2v) is 3.01. The van der Waals surface area contributed by atoms with Gasteiger partial charge in [0.05, 0.1) is 4.92 Å². The molecule has 12 heavy (non-hydrogen) atoms. The van der Waals surface area contributed by atoms with Crippen LogP contribution in [0.3, 0.4) is 0 Å². The molecule has 0 aromatic carbocycles. The van der Waals surface area contributed by atoms with Gasteiger partial charge in [-0.3, -0.25) is 10.1 Å². The number of nitro groups is 1. The molecule has 0 saturated carbocycles. The first kappa shape index (κ1) is 9.19. The van der Waals surface area contributed by atoms with E-state index >= 15 is 0 Å². The molecule has 1 fully saturated rings. The molecule has 1 aliphatic rings. The lowest BCUT2D eigenvalue weighted by atomic mass is 10.1. The molecule has 4 nitrogen and oxygen atoms in total. The van der Waals surface area contributed by atoms with E-state index in [-0.39, 0.29) is 4.92 Å². The summed E-state index contributed by atoms with van der Waals surface area (Å²) in [4.78, 5) is 12.1. The molecule has 0 aromatic heterocycles. The first-order valence-corrected chi connectivity index (χ1v) is 4.27. The summed E-state index contributed by atoms with van der Waals surface area (Å²) in [5, 5.41) is 10.1. The van der Waals surface area contributed by atoms with Crippen LogP contribution in [0.15, 0.2) is 11.8 Å². The highest BCUT2D eigenvalue weighted by Crippen LogP contribution is 2.15. The summed E-state index contributed by atoms with van der Waals surface area (Å²) < 4.78 is 0. The van der Waals surface area contributed by atoms with Crippen molar-refractivity contribution in [2.75, 3.05) is 19.6 Å². The largest absolute Gasteiger partial charge is 0.303 e. The maximum atomic E-state index is 10.1. The van der Waals surface area contributed by atoms with Gasteiger partial charge in [0, 0.05) is 18.7 Å². The van der Waals surface area contributed by atoms with Crippen LogP contribution >= 0.6 is 0 Å². The van der Waals surface area contributed by atoms with Crippen LogP contribution in [0.4, 0.5) is 0 Å². The highest BCUT2D eigenvalue weighted by atomic mass is 16.6. The third kappa shape index (κ3) is 2.62. The van der Waals surface area contributed by atoms with E-state index in [4.69, 9.17) is 0 Å². The zero-order chi connectivity index (χ0) is 8.97. The van der Waals surface area contributed by atoms with Crippen LogP contribution < -0.4 is 0 Å². The second-order valence-electron chi connectivity index (χ2n) is 3.01. The second kappa shape index (κ2) is 4.21. The summed E-state index contributed by atoms with van der Waals surface area (Å²) in [5.41, 5.74) is 0.977. The number of hydrogen-bond acceptors (Lipinski definition) is 3. The Kier molecular flexibility index (Phi) is 3.22. The van der Waals surface area contributed by atoms with E-state index in [0.717, 1.165) is 44.2 Å². The molecular weight excluding hydrogens is 156 g/mol. The molecule has 68 valence electrons. The number of rotatable bonds is 2. The fraction of sp³-hybridized carbons (Fsp3) is 0.750. The van der Waals surface area contributed by atoms with Crippen LogP contribution in [0, 0.1) is 10.1 Å². The monoisotopic (exact) mass is 170 g/mol. The van der Waals surface area contributed by atoms with E-state index < -0.39 is 0 Å². The van der Waals surface area contributed by atoms with Crippen LogP contribution in [0.2, 0.25) is 0 Å². The molecule has 0 aliphatic carbocycles. The minimum Gasteiger partial charge on any atom is -0.303 e. The van der Waals surface area contributed by atoms with Crippen LogP contribution in [-0.4, -0.2) is 29.5 Å². The van der Waals surface area contributed by atoms with Gasteiger partial charge in [-0.1, -0.05) is 6.92 Å². The van der Waals surface area contributed by atoms with Gasteiger partial charge in [0.2, 0.25) is 6.20 Å². The summed E-state index contributed by atoms with van der Waals surface area (Å²) in [6, 6.07) is 0. The average molecular weight is 170 g/mol. The minimum atomic E-state index is -0.350. The average Bonchev–Trinajstić information content (AvgIpc) is 2.05. The number of piperidine rings is 1. The van der Waals surface area contributed by atoms with Gasteiger partial charge in [-0.2, -0.15) is 0 Å². The van der Waals surface area contributed by atoms with E-state index in [0.29, 0.717) is 0 Å². The third-order valence-electron chi connectivity index (χ3n) is 2.23. The molecule has 0 amide bonds. The Morgan fingerprint density at radius 3 is 2.58 bits per heavy atom. The normalized spacial score (nSPS) is 19.2. The highest BCUT2D eigenvalue weighted by Gasteiger charge is 2.13. The van der Waals surface area contributed by atoms with Gasteiger partial charge in [-0.25, -0.2) is 0 Å². The van der Waals surface area contributed by atoms with Crippen molar-refractivity contribution in [1.29, 1.82) is 0 Å². The van der Waals surface area contributed by atoms with Gasteiger partial charge in [0.25, 0.3) is 0 Å². The standard InChI is InChI=1S/C8H14N2O2/c1-2-9-5-3-8(4-6-9)7-10(11)12/h7H,2-6H2,1H3. The summed E-state index contributed by atoms with van der Waals surface area (Å²) in [5.74, 6) is 0. The first-order valence-electron chi connectivity index (χ1n) is 4.27. The molecule has 0 unspecified atom stereocenters. The summed E-state index contributed by atoms with van der Waals surface area (Å²) in [6.07, 6.45) is 2.87. The molecule has 0 radical (unpaired) electrons. The first-order chi connectivity index (χ1) is 5.72. The van der Waals surface area contributed by atoms with Gasteiger partial charge < -0.3 is 4.90 Å². The maximum absolute atomic E-state index is 10.1. The van der Waals surface area contributed by atoms with E-state index in [2.05, 4.69) is 11.8 Å². The predicted molar refractivity (Wildman–Crippen MR) is 46.4 cm³/mol. The van der Waals surface area contributed by atoms with Gasteiger partial charge in [-0.05, 0) is 19.4 Å². The molecule has 0 spiro atoms. The highest BCUT2D eigenvalue weighted by molar-refractivity contribution is 5.01. The van der Waals surface area contributed by atoms with Crippen LogP contribution in [0.5, 0.6) is 0 Å². The Balaban J connectivity index is 2.40. The van der Waals surface area contributed by atoms with Crippen molar-refractivity contribution in [2.45, 2.75) is 19.8 Å². The van der Waals surface area contributed by atoms with Crippen LogP contribution in [0.25, 0.3) is 0 Å². The number of likely N-dealkylation sites (tertiary alicyclic amines) is 1. The Morgan fingerprint density at radius 2 is 2.17 bits per heavy atom. The Labute approximate surface area is 72.0 Å². The van der Waals surface area contributed by atoms with E-state index in [9.17, 15) is 10.1 Å². The van der Waals surface area contributed by atoms with Crippen molar-refractivity contribution in [2.24, 2.45) is 0 Å². The van der Waals surface area contributed by atoms with Crippen LogP contribution in [0.1, 0.15) is 19.8 Å². The summed E-state index contributed by atoms with van der Waals surface area (Å²) >= 11 is 0. The van der Waals surface area contributed by atoms with Crippen molar-refractivity contribution >= 4 is 0 Å². The Bertz CT molecular complexity index is 191. The van der Waals surface area contributed by atoms with Crippen molar-refractivity contribution in [3.8, 4) is 0 Å². The van der Waals surface area contributed by atoms with Gasteiger partial charge in [-0.15, -0.1) is 0 Å². The minimum absolute atomic E-state index is 0.350. The molecule has 0 aromatic rings. The van der Waals surface area contributed by atoms with E-state index in [1.54, 1.807) is 0 Å². The predicted octanol–water partition coefficient (Wildman–Crippen LogP) is 1.26. The summed E-state index contributed by atoms with van der Waals surface area (Å²) in [6.45, 7) is 5.10. The topological polar surface area (TPSA) is 46.4 Å². The SMILES string of the molecule is CCN1CCC(=C[N+](=O)[O-])CC1. The van der Waals surface area contributed by atoms with Crippen molar-refractivity contribution in [3.63, 3.8) is 0 Å². The summed E-state index contributed by atoms with van der Waals surface area (Å²) in [7, 11) is 0. The molecule has 1 rings (SSSR count). The van der Waals surface area contributed by atoms with E-state index in [1.165, 1.54) is 0 Å². The molecule has 4 heteroatoms. The molecular formula is C8H14N2O2. The molecule has 0 atom stereocenters. The fourth-order valence-corrected chi connectivity index (χ4v) is 1.43. The molecule has 1 saturated heterocycles. The fourth-order valence-electron chi connectivity index (χ4n) is 1.43. The lowest BCUT2D eigenvalue weighted by molar-refractivity contribution is -0.403. The van der Waals surface area contributed by atoms with Crippen molar-refractivity contribution in [3.05, 3.63) is 21.9 Å². The van der Waals surface area contributed by atoms with E-state index in [1.807, 2.05) is 0 Å². The molecule has 0 N–H and O–H groups in total. The molecule has 0 bridgehead atoms.